The molecule has 3 rings (SSSR count). The zero-order valence-corrected chi connectivity index (χ0v) is 14.1. The number of amides is 2. The fourth-order valence-corrected chi connectivity index (χ4v) is 3.07. The molecule has 0 aromatic heterocycles. The van der Waals surface area contributed by atoms with Crippen LogP contribution in [-0.2, 0) is 9.59 Å². The zero-order valence-electron chi connectivity index (χ0n) is 12.6. The summed E-state index contributed by atoms with van der Waals surface area (Å²) >= 11 is 11.7. The van der Waals surface area contributed by atoms with Crippen molar-refractivity contribution >= 4 is 46.5 Å². The molecule has 2 aliphatic heterocycles. The lowest BCUT2D eigenvalue weighted by atomic mass is 9.91. The number of aromatic hydroxyl groups is 1. The van der Waals surface area contributed by atoms with Crippen LogP contribution in [0.15, 0.2) is 41.6 Å². The quantitative estimate of drug-likeness (QED) is 0.788. The second-order valence-corrected chi connectivity index (χ2v) is 6.44. The van der Waals surface area contributed by atoms with Crippen LogP contribution in [0.5, 0.6) is 5.75 Å². The van der Waals surface area contributed by atoms with Gasteiger partial charge in [-0.25, -0.2) is 0 Å². The van der Waals surface area contributed by atoms with Gasteiger partial charge in [0.2, 0.25) is 0 Å². The molecule has 2 heterocycles. The van der Waals surface area contributed by atoms with Crippen LogP contribution in [-0.4, -0.2) is 33.2 Å². The summed E-state index contributed by atoms with van der Waals surface area (Å²) < 4.78 is 0. The maximum atomic E-state index is 12.8. The number of phenolic OH excluding ortho intramolecular Hbond substituents is 1. The highest BCUT2D eigenvalue weighted by Crippen LogP contribution is 2.35. The molecule has 0 spiro atoms. The Hall–Kier alpha value is -2.31. The standard InChI is InChI=1S/C16H13Cl2N3O3/c1-16(8-13(22)20-12-4-2-3-5-21(12)16)15(24)19-9-6-10(17)14(23)11(18)7-9/h2-7,23H,8H2,1H3,(H,19,24). The monoisotopic (exact) mass is 365 g/mol. The van der Waals surface area contributed by atoms with Crippen molar-refractivity contribution in [3.05, 3.63) is 46.6 Å². The molecule has 1 aromatic rings. The topological polar surface area (TPSA) is 82.0 Å². The van der Waals surface area contributed by atoms with Crippen LogP contribution in [0.2, 0.25) is 10.0 Å². The number of carbonyl (C=O) groups excluding carboxylic acids is 2. The molecular weight excluding hydrogens is 353 g/mol. The van der Waals surface area contributed by atoms with Crippen LogP contribution in [0.25, 0.3) is 0 Å². The molecule has 1 unspecified atom stereocenters. The Morgan fingerprint density at radius 1 is 1.33 bits per heavy atom. The van der Waals surface area contributed by atoms with Gasteiger partial charge in [-0.2, -0.15) is 4.99 Å². The minimum atomic E-state index is -1.15. The number of amidine groups is 1. The first kappa shape index (κ1) is 16.5. The summed E-state index contributed by atoms with van der Waals surface area (Å²) in [4.78, 5) is 30.3. The minimum absolute atomic E-state index is 0.0192. The van der Waals surface area contributed by atoms with Gasteiger partial charge in [-0.15, -0.1) is 0 Å². The van der Waals surface area contributed by atoms with Gasteiger partial charge in [-0.3, -0.25) is 9.59 Å². The number of allylic oxidation sites excluding steroid dienone is 2. The Balaban J connectivity index is 1.91. The highest BCUT2D eigenvalue weighted by molar-refractivity contribution is 6.37. The van der Waals surface area contributed by atoms with Crippen LogP contribution < -0.4 is 5.32 Å². The Labute approximate surface area is 148 Å². The predicted octanol–water partition coefficient (Wildman–Crippen LogP) is 3.11. The Bertz CT molecular complexity index is 809. The minimum Gasteiger partial charge on any atom is -0.505 e. The van der Waals surface area contributed by atoms with Gasteiger partial charge >= 0.3 is 0 Å². The maximum absolute atomic E-state index is 12.8. The van der Waals surface area contributed by atoms with Gasteiger partial charge in [-0.05, 0) is 31.2 Å². The number of rotatable bonds is 2. The third-order valence-corrected chi connectivity index (χ3v) is 4.44. The van der Waals surface area contributed by atoms with E-state index in [0.717, 1.165) is 0 Å². The summed E-state index contributed by atoms with van der Waals surface area (Å²) in [5.41, 5.74) is -0.825. The first-order valence-electron chi connectivity index (χ1n) is 7.06. The number of halogens is 2. The summed E-state index contributed by atoms with van der Waals surface area (Å²) in [5.74, 6) is -0.635. The summed E-state index contributed by atoms with van der Waals surface area (Å²) in [5, 5.41) is 12.3. The molecular formula is C16H13Cl2N3O3. The van der Waals surface area contributed by atoms with E-state index in [-0.39, 0.29) is 28.1 Å². The number of hydrogen-bond donors (Lipinski definition) is 2. The van der Waals surface area contributed by atoms with Crippen LogP contribution in [0, 0.1) is 0 Å². The van der Waals surface area contributed by atoms with E-state index in [2.05, 4.69) is 10.3 Å². The number of fused-ring (bicyclic) bond motifs is 1. The Morgan fingerprint density at radius 2 is 2.00 bits per heavy atom. The zero-order chi connectivity index (χ0) is 17.5. The molecule has 0 saturated heterocycles. The fraction of sp³-hybridized carbons (Fsp3) is 0.188. The second-order valence-electron chi connectivity index (χ2n) is 5.63. The largest absolute Gasteiger partial charge is 0.505 e. The third-order valence-electron chi connectivity index (χ3n) is 3.87. The maximum Gasteiger partial charge on any atom is 0.250 e. The molecule has 24 heavy (non-hydrogen) atoms. The van der Waals surface area contributed by atoms with Gasteiger partial charge in [0.05, 0.1) is 16.5 Å². The van der Waals surface area contributed by atoms with E-state index in [1.165, 1.54) is 12.1 Å². The van der Waals surface area contributed by atoms with Crippen molar-refractivity contribution in [2.24, 2.45) is 4.99 Å². The van der Waals surface area contributed by atoms with Gasteiger partial charge < -0.3 is 15.3 Å². The van der Waals surface area contributed by atoms with Gasteiger partial charge in [0.25, 0.3) is 11.8 Å². The molecule has 0 aliphatic carbocycles. The average Bonchev–Trinajstić information content (AvgIpc) is 2.52. The SMILES string of the molecule is CC1(C(=O)Nc2cc(Cl)c(O)c(Cl)c2)CC(=O)N=C2C=CC=CN21. The predicted molar refractivity (Wildman–Crippen MR) is 92.3 cm³/mol. The number of carbonyl (C=O) groups is 2. The number of phenols is 1. The summed E-state index contributed by atoms with van der Waals surface area (Å²) in [6.45, 7) is 1.65. The van der Waals surface area contributed by atoms with Gasteiger partial charge in [0.1, 0.15) is 11.4 Å². The van der Waals surface area contributed by atoms with E-state index in [9.17, 15) is 14.7 Å². The molecule has 2 N–H and O–H groups in total. The number of hydrogen-bond acceptors (Lipinski definition) is 4. The molecule has 8 heteroatoms. The van der Waals surface area contributed by atoms with Crippen LogP contribution in [0.4, 0.5) is 5.69 Å². The molecule has 6 nitrogen and oxygen atoms in total. The molecule has 2 aliphatic rings. The van der Waals surface area contributed by atoms with E-state index in [1.807, 2.05) is 0 Å². The first-order chi connectivity index (χ1) is 11.3. The van der Waals surface area contributed by atoms with E-state index in [0.29, 0.717) is 11.5 Å². The lowest BCUT2D eigenvalue weighted by Gasteiger charge is -2.41. The highest BCUT2D eigenvalue weighted by atomic mass is 35.5. The van der Waals surface area contributed by atoms with Crippen molar-refractivity contribution in [2.75, 3.05) is 5.32 Å². The molecule has 2 amide bonds. The third kappa shape index (κ3) is 2.79. The molecule has 0 saturated carbocycles. The van der Waals surface area contributed by atoms with E-state index in [1.54, 1.807) is 36.3 Å². The van der Waals surface area contributed by atoms with Crippen LogP contribution in [0.3, 0.4) is 0 Å². The lowest BCUT2D eigenvalue weighted by molar-refractivity contribution is -0.130. The van der Waals surface area contributed by atoms with Crippen molar-refractivity contribution in [3.63, 3.8) is 0 Å². The fourth-order valence-electron chi connectivity index (χ4n) is 2.58. The average molecular weight is 366 g/mol. The number of nitrogens with zero attached hydrogens (tertiary/aromatic N) is 2. The number of aliphatic imine (C=N–C) groups is 1. The smallest absolute Gasteiger partial charge is 0.250 e. The van der Waals surface area contributed by atoms with Gasteiger partial charge in [0, 0.05) is 11.9 Å². The summed E-state index contributed by atoms with van der Waals surface area (Å²) in [6.07, 6.45) is 6.79. The molecule has 0 bridgehead atoms. The van der Waals surface area contributed by atoms with Crippen molar-refractivity contribution in [3.8, 4) is 5.75 Å². The normalized spacial score (nSPS) is 22.2. The van der Waals surface area contributed by atoms with E-state index in [4.69, 9.17) is 23.2 Å². The Morgan fingerprint density at radius 3 is 2.67 bits per heavy atom. The van der Waals surface area contributed by atoms with Gasteiger partial charge in [0.15, 0.2) is 5.75 Å². The van der Waals surface area contributed by atoms with E-state index >= 15 is 0 Å². The van der Waals surface area contributed by atoms with Crippen molar-refractivity contribution < 1.29 is 14.7 Å². The Kier molecular flexibility index (Phi) is 4.11. The van der Waals surface area contributed by atoms with Gasteiger partial charge in [-0.1, -0.05) is 29.3 Å². The summed E-state index contributed by atoms with van der Waals surface area (Å²) in [6, 6.07) is 2.77. The lowest BCUT2D eigenvalue weighted by Crippen LogP contribution is -2.58. The van der Waals surface area contributed by atoms with Crippen LogP contribution >= 0.6 is 23.2 Å². The molecule has 1 atom stereocenters. The van der Waals surface area contributed by atoms with E-state index < -0.39 is 11.4 Å². The highest BCUT2D eigenvalue weighted by Gasteiger charge is 2.45. The second kappa shape index (κ2) is 5.96. The summed E-state index contributed by atoms with van der Waals surface area (Å²) in [7, 11) is 0. The number of anilines is 1. The molecule has 124 valence electrons. The molecule has 0 radical (unpaired) electrons. The van der Waals surface area contributed by atoms with Crippen molar-refractivity contribution in [2.45, 2.75) is 18.9 Å². The number of nitrogens with one attached hydrogen (secondary N) is 1. The molecule has 1 aromatic carbocycles. The first-order valence-corrected chi connectivity index (χ1v) is 7.82. The van der Waals surface area contributed by atoms with Crippen molar-refractivity contribution in [1.82, 2.24) is 4.90 Å². The molecule has 0 fully saturated rings. The van der Waals surface area contributed by atoms with Crippen molar-refractivity contribution in [1.29, 1.82) is 0 Å². The van der Waals surface area contributed by atoms with Crippen LogP contribution in [0.1, 0.15) is 13.3 Å². The number of benzene rings is 1.